The second-order valence-corrected chi connectivity index (χ2v) is 6.94. The van der Waals surface area contributed by atoms with Gasteiger partial charge in [0.15, 0.2) is 0 Å². The van der Waals surface area contributed by atoms with Crippen LogP contribution in [0.1, 0.15) is 48.5 Å². The molecule has 6 heteroatoms. The SMILES string of the molecule is Cc1cc(C(=O)N2CCCCC2C)ccc1NC(=O)CCn1cccn1. The third-order valence-corrected chi connectivity index (χ3v) is 4.94. The Morgan fingerprint density at radius 1 is 1.31 bits per heavy atom. The van der Waals surface area contributed by atoms with Gasteiger partial charge >= 0.3 is 0 Å². The van der Waals surface area contributed by atoms with E-state index in [2.05, 4.69) is 17.3 Å². The fourth-order valence-corrected chi connectivity index (χ4v) is 3.36. The van der Waals surface area contributed by atoms with Gasteiger partial charge < -0.3 is 10.2 Å². The van der Waals surface area contributed by atoms with Crippen molar-refractivity contribution in [2.24, 2.45) is 0 Å². The molecule has 0 aliphatic carbocycles. The van der Waals surface area contributed by atoms with E-state index in [1.807, 2.05) is 36.2 Å². The van der Waals surface area contributed by atoms with Crippen molar-refractivity contribution < 1.29 is 9.59 Å². The fraction of sp³-hybridized carbons (Fsp3) is 0.450. The Morgan fingerprint density at radius 3 is 2.85 bits per heavy atom. The van der Waals surface area contributed by atoms with E-state index in [1.165, 1.54) is 6.42 Å². The number of nitrogens with one attached hydrogen (secondary N) is 1. The van der Waals surface area contributed by atoms with Crippen molar-refractivity contribution in [2.45, 2.75) is 52.1 Å². The molecule has 6 nitrogen and oxygen atoms in total. The van der Waals surface area contributed by atoms with Gasteiger partial charge in [0.1, 0.15) is 0 Å². The highest BCUT2D eigenvalue weighted by Gasteiger charge is 2.24. The van der Waals surface area contributed by atoms with Crippen LogP contribution in [-0.2, 0) is 11.3 Å². The quantitative estimate of drug-likeness (QED) is 0.896. The molecule has 26 heavy (non-hydrogen) atoms. The molecule has 138 valence electrons. The number of aromatic nitrogens is 2. The van der Waals surface area contributed by atoms with Crippen LogP contribution in [0.15, 0.2) is 36.7 Å². The molecule has 1 unspecified atom stereocenters. The number of carbonyl (C=O) groups excluding carboxylic acids is 2. The molecule has 1 saturated heterocycles. The average molecular weight is 354 g/mol. The van der Waals surface area contributed by atoms with Crippen molar-refractivity contribution in [3.05, 3.63) is 47.8 Å². The zero-order valence-electron chi connectivity index (χ0n) is 15.4. The van der Waals surface area contributed by atoms with Gasteiger partial charge in [-0.3, -0.25) is 14.3 Å². The summed E-state index contributed by atoms with van der Waals surface area (Å²) >= 11 is 0. The molecule has 1 aromatic carbocycles. The van der Waals surface area contributed by atoms with E-state index in [0.717, 1.165) is 30.6 Å². The van der Waals surface area contributed by atoms with Gasteiger partial charge in [0.05, 0.1) is 0 Å². The zero-order valence-corrected chi connectivity index (χ0v) is 15.4. The van der Waals surface area contributed by atoms with Gasteiger partial charge in [-0.2, -0.15) is 5.10 Å². The first-order chi connectivity index (χ1) is 12.5. The van der Waals surface area contributed by atoms with Crippen molar-refractivity contribution in [1.82, 2.24) is 14.7 Å². The number of piperidine rings is 1. The summed E-state index contributed by atoms with van der Waals surface area (Å²) in [5.41, 5.74) is 2.33. The second kappa shape index (κ2) is 8.17. The first-order valence-electron chi connectivity index (χ1n) is 9.23. The molecule has 0 bridgehead atoms. The highest BCUT2D eigenvalue weighted by molar-refractivity contribution is 5.96. The average Bonchev–Trinajstić information content (AvgIpc) is 3.15. The summed E-state index contributed by atoms with van der Waals surface area (Å²) in [6.45, 7) is 5.39. The van der Waals surface area contributed by atoms with Gasteiger partial charge in [-0.05, 0) is 62.9 Å². The van der Waals surface area contributed by atoms with Crippen molar-refractivity contribution in [1.29, 1.82) is 0 Å². The molecule has 1 N–H and O–H groups in total. The number of likely N-dealkylation sites (tertiary alicyclic amines) is 1. The summed E-state index contributed by atoms with van der Waals surface area (Å²) in [4.78, 5) is 26.9. The van der Waals surface area contributed by atoms with Gasteiger partial charge in [0.25, 0.3) is 5.91 Å². The lowest BCUT2D eigenvalue weighted by Gasteiger charge is -2.33. The molecule has 2 amide bonds. The van der Waals surface area contributed by atoms with Crippen LogP contribution in [0.3, 0.4) is 0 Å². The molecule has 1 atom stereocenters. The predicted octanol–water partition coefficient (Wildman–Crippen LogP) is 3.23. The smallest absolute Gasteiger partial charge is 0.254 e. The Bertz CT molecular complexity index is 770. The lowest BCUT2D eigenvalue weighted by molar-refractivity contribution is -0.116. The summed E-state index contributed by atoms with van der Waals surface area (Å²) in [6, 6.07) is 7.62. The molecule has 1 aliphatic heterocycles. The summed E-state index contributed by atoms with van der Waals surface area (Å²) in [5.74, 6) is 0.0178. The number of anilines is 1. The Balaban J connectivity index is 1.61. The number of hydrogen-bond donors (Lipinski definition) is 1. The number of carbonyl (C=O) groups is 2. The van der Waals surface area contributed by atoms with Gasteiger partial charge in [0, 0.05) is 49.2 Å². The van der Waals surface area contributed by atoms with Crippen LogP contribution in [0.4, 0.5) is 5.69 Å². The molecule has 1 aliphatic rings. The van der Waals surface area contributed by atoms with Gasteiger partial charge in [-0.15, -0.1) is 0 Å². The highest BCUT2D eigenvalue weighted by atomic mass is 16.2. The maximum Gasteiger partial charge on any atom is 0.254 e. The minimum atomic E-state index is -0.0627. The molecule has 1 fully saturated rings. The number of benzene rings is 1. The third kappa shape index (κ3) is 4.31. The molecule has 0 radical (unpaired) electrons. The normalized spacial score (nSPS) is 17.2. The largest absolute Gasteiger partial charge is 0.336 e. The third-order valence-electron chi connectivity index (χ3n) is 4.94. The number of nitrogens with zero attached hydrogens (tertiary/aromatic N) is 3. The Kier molecular flexibility index (Phi) is 5.71. The van der Waals surface area contributed by atoms with Crippen molar-refractivity contribution in [3.8, 4) is 0 Å². The van der Waals surface area contributed by atoms with E-state index in [1.54, 1.807) is 16.9 Å². The Morgan fingerprint density at radius 2 is 2.15 bits per heavy atom. The molecule has 1 aromatic heterocycles. The molecular weight excluding hydrogens is 328 g/mol. The lowest BCUT2D eigenvalue weighted by Crippen LogP contribution is -2.42. The van der Waals surface area contributed by atoms with Crippen LogP contribution in [0, 0.1) is 6.92 Å². The lowest BCUT2D eigenvalue weighted by atomic mass is 10.0. The first-order valence-corrected chi connectivity index (χ1v) is 9.23. The first kappa shape index (κ1) is 18.2. The number of aryl methyl sites for hydroxylation is 2. The summed E-state index contributed by atoms with van der Waals surface area (Å²) in [6.07, 6.45) is 7.21. The molecule has 2 aromatic rings. The Labute approximate surface area is 154 Å². The fourth-order valence-electron chi connectivity index (χ4n) is 3.36. The zero-order chi connectivity index (χ0) is 18.5. The monoisotopic (exact) mass is 354 g/mol. The van der Waals surface area contributed by atoms with Gasteiger partial charge in [-0.1, -0.05) is 0 Å². The minimum Gasteiger partial charge on any atom is -0.336 e. The predicted molar refractivity (Wildman–Crippen MR) is 101 cm³/mol. The maximum absolute atomic E-state index is 12.8. The van der Waals surface area contributed by atoms with Crippen molar-refractivity contribution >= 4 is 17.5 Å². The molecule has 0 saturated carbocycles. The van der Waals surface area contributed by atoms with Crippen LogP contribution in [0.2, 0.25) is 0 Å². The minimum absolute atomic E-state index is 0.0627. The van der Waals surface area contributed by atoms with E-state index in [4.69, 9.17) is 0 Å². The van der Waals surface area contributed by atoms with E-state index < -0.39 is 0 Å². The Hall–Kier alpha value is -2.63. The van der Waals surface area contributed by atoms with Crippen LogP contribution < -0.4 is 5.32 Å². The van der Waals surface area contributed by atoms with E-state index in [9.17, 15) is 9.59 Å². The van der Waals surface area contributed by atoms with E-state index in [0.29, 0.717) is 24.6 Å². The number of hydrogen-bond acceptors (Lipinski definition) is 3. The summed E-state index contributed by atoms with van der Waals surface area (Å²) in [7, 11) is 0. The van der Waals surface area contributed by atoms with Gasteiger partial charge in [0.2, 0.25) is 5.91 Å². The van der Waals surface area contributed by atoms with Crippen LogP contribution in [0.5, 0.6) is 0 Å². The van der Waals surface area contributed by atoms with Gasteiger partial charge in [-0.25, -0.2) is 0 Å². The standard InChI is InChI=1S/C20H26N4O2/c1-15-14-17(20(26)24-12-4-3-6-16(24)2)7-8-18(15)22-19(25)9-13-23-11-5-10-21-23/h5,7-8,10-11,14,16H,3-4,6,9,12-13H2,1-2H3,(H,22,25). The molecular formula is C20H26N4O2. The molecule has 3 rings (SSSR count). The van der Waals surface area contributed by atoms with E-state index >= 15 is 0 Å². The van der Waals surface area contributed by atoms with Crippen LogP contribution in [0.25, 0.3) is 0 Å². The van der Waals surface area contributed by atoms with E-state index in [-0.39, 0.29) is 11.8 Å². The molecule has 2 heterocycles. The highest BCUT2D eigenvalue weighted by Crippen LogP contribution is 2.22. The van der Waals surface area contributed by atoms with Crippen molar-refractivity contribution in [3.63, 3.8) is 0 Å². The number of rotatable bonds is 5. The summed E-state index contributed by atoms with van der Waals surface area (Å²) in [5, 5.41) is 7.01. The number of amides is 2. The maximum atomic E-state index is 12.8. The molecule has 0 spiro atoms. The summed E-state index contributed by atoms with van der Waals surface area (Å²) < 4.78 is 1.73. The topological polar surface area (TPSA) is 67.2 Å². The van der Waals surface area contributed by atoms with Crippen LogP contribution in [-0.4, -0.2) is 39.1 Å². The van der Waals surface area contributed by atoms with Crippen LogP contribution >= 0.6 is 0 Å². The second-order valence-electron chi connectivity index (χ2n) is 6.94. The van der Waals surface area contributed by atoms with Crippen molar-refractivity contribution in [2.75, 3.05) is 11.9 Å².